The van der Waals surface area contributed by atoms with E-state index in [1.54, 1.807) is 6.92 Å². The molecule has 1 saturated carbocycles. The van der Waals surface area contributed by atoms with Gasteiger partial charge in [-0.05, 0) is 62.7 Å². The lowest BCUT2D eigenvalue weighted by Gasteiger charge is -2.30. The number of esters is 1. The van der Waals surface area contributed by atoms with Crippen LogP contribution in [0.2, 0.25) is 51.4 Å². The second kappa shape index (κ2) is 16.1. The van der Waals surface area contributed by atoms with Crippen molar-refractivity contribution < 1.29 is 21.7 Å². The summed E-state index contributed by atoms with van der Waals surface area (Å²) in [5.74, 6) is -0.922. The first-order valence-electron chi connectivity index (χ1n) is 18.5. The van der Waals surface area contributed by atoms with E-state index in [0.717, 1.165) is 51.3 Å². The third-order valence-corrected chi connectivity index (χ3v) is 12.2. The van der Waals surface area contributed by atoms with Gasteiger partial charge < -0.3 is 19.1 Å². The number of fused-ring (bicyclic) bond motifs is 2. The quantitative estimate of drug-likeness (QED) is 0.0500. The lowest BCUT2D eigenvalue weighted by molar-refractivity contribution is -0.144. The first-order chi connectivity index (χ1) is 23.7. The molecule has 1 atom stereocenters. The number of anilines is 1. The van der Waals surface area contributed by atoms with Crippen LogP contribution in [0.4, 0.5) is 5.82 Å². The van der Waals surface area contributed by atoms with E-state index in [1.165, 1.54) is 0 Å². The molecule has 260 valence electrons. The Bertz CT molecular complexity index is 1730. The van der Waals surface area contributed by atoms with Crippen molar-refractivity contribution in [3.05, 3.63) is 54.5 Å². The molecular formula is C37H55N5O4Si2. The zero-order valence-corrected chi connectivity index (χ0v) is 31.9. The molecule has 11 heteroatoms. The van der Waals surface area contributed by atoms with Gasteiger partial charge in [0, 0.05) is 78.9 Å². The fraction of sp³-hybridized carbons (Fsp3) is 0.568. The fourth-order valence-corrected chi connectivity index (χ4v) is 7.39. The Labute approximate surface area is 291 Å². The molecule has 1 aliphatic rings. The molecule has 0 saturated heterocycles. The summed E-state index contributed by atoms with van der Waals surface area (Å²) in [6.45, 7) is 18.1. The molecule has 9 nitrogen and oxygen atoms in total. The average Bonchev–Trinajstić information content (AvgIpc) is 3.50. The van der Waals surface area contributed by atoms with Crippen molar-refractivity contribution in [3.8, 4) is 11.1 Å². The standard InChI is InChI=1S/C37H55N5O4Si2/c1-8-46-36(43)21-28-13-15-29(16-14-28)34-23-35(41(26-44-17-19-47(2,3)4)27-45-18-20-48(5,6)7)42-37(40-34)32(25-39-42)31-22-30-11-9-10-12-33(30)38-24-31/h9-12,22-25,28-29H,8,13-21,26-27H2,1-7H3/i21D,28D. The van der Waals surface area contributed by atoms with Gasteiger partial charge in [-0.25, -0.2) is 4.98 Å². The molecule has 3 heterocycles. The number of carbonyl (C=O) groups excluding carboxylic acids is 1. The highest BCUT2D eigenvalue weighted by Crippen LogP contribution is 2.39. The summed E-state index contributed by atoms with van der Waals surface area (Å²) < 4.78 is 37.2. The summed E-state index contributed by atoms with van der Waals surface area (Å²) in [6.07, 6.45) is 4.62. The normalized spacial score (nSPS) is 20.0. The van der Waals surface area contributed by atoms with Crippen molar-refractivity contribution >= 4 is 44.5 Å². The number of ether oxygens (including phenoxy) is 3. The largest absolute Gasteiger partial charge is 0.466 e. The molecule has 0 radical (unpaired) electrons. The van der Waals surface area contributed by atoms with Gasteiger partial charge in [0.25, 0.3) is 0 Å². The van der Waals surface area contributed by atoms with Crippen molar-refractivity contribution in [2.24, 2.45) is 5.89 Å². The topological polar surface area (TPSA) is 91.1 Å². The van der Waals surface area contributed by atoms with E-state index in [1.807, 2.05) is 35.1 Å². The zero-order chi connectivity index (χ0) is 36.1. The Morgan fingerprint density at radius 1 is 0.979 bits per heavy atom. The molecule has 0 amide bonds. The van der Waals surface area contributed by atoms with Crippen LogP contribution in [-0.2, 0) is 19.0 Å². The smallest absolute Gasteiger partial charge is 0.306 e. The summed E-state index contributed by atoms with van der Waals surface area (Å²) in [6, 6.07) is 14.4. The van der Waals surface area contributed by atoms with Crippen LogP contribution in [0.5, 0.6) is 0 Å². The van der Waals surface area contributed by atoms with Gasteiger partial charge >= 0.3 is 5.97 Å². The van der Waals surface area contributed by atoms with Crippen LogP contribution in [0.3, 0.4) is 0 Å². The van der Waals surface area contributed by atoms with E-state index in [0.29, 0.717) is 52.4 Å². The molecule has 0 aliphatic heterocycles. The highest BCUT2D eigenvalue weighted by atomic mass is 28.3. The minimum absolute atomic E-state index is 0.0477. The highest BCUT2D eigenvalue weighted by Gasteiger charge is 2.28. The molecule has 5 rings (SSSR count). The van der Waals surface area contributed by atoms with Gasteiger partial charge in [-0.15, -0.1) is 0 Å². The van der Waals surface area contributed by atoms with Gasteiger partial charge in [0.05, 0.1) is 18.3 Å². The van der Waals surface area contributed by atoms with Crippen LogP contribution in [0.25, 0.3) is 27.7 Å². The maximum atomic E-state index is 12.4. The molecule has 1 unspecified atom stereocenters. The van der Waals surface area contributed by atoms with Gasteiger partial charge in [-0.3, -0.25) is 9.78 Å². The Balaban J connectivity index is 1.52. The third kappa shape index (κ3) is 9.96. The van der Waals surface area contributed by atoms with E-state index in [4.69, 9.17) is 32.0 Å². The average molecular weight is 692 g/mol. The number of benzene rings is 1. The number of hydrogen-bond acceptors (Lipinski definition) is 8. The minimum atomic E-state index is -1.28. The van der Waals surface area contributed by atoms with Gasteiger partial charge in [0.15, 0.2) is 5.65 Å². The number of pyridine rings is 1. The fourth-order valence-electron chi connectivity index (χ4n) is 5.88. The van der Waals surface area contributed by atoms with Crippen molar-refractivity contribution in [2.45, 2.75) is 96.3 Å². The molecule has 0 bridgehead atoms. The number of aromatic nitrogens is 4. The molecule has 0 spiro atoms. The Hall–Kier alpha value is -3.13. The summed E-state index contributed by atoms with van der Waals surface area (Å²) in [4.78, 5) is 24.5. The summed E-state index contributed by atoms with van der Waals surface area (Å²) in [5, 5.41) is 5.92. The molecule has 4 aromatic rings. The molecule has 1 aliphatic carbocycles. The van der Waals surface area contributed by atoms with Crippen LogP contribution in [0.1, 0.15) is 53.4 Å². The SMILES string of the molecule is [2H]C(C(=O)OCC)C1([2H])CCC(c2cc(N(COCC[Si](C)(C)C)COCC[Si](C)(C)C)n3ncc(-c4cnc5ccccc5c4)c3n2)CC1. The van der Waals surface area contributed by atoms with Crippen LogP contribution in [-0.4, -0.2) is 75.0 Å². The van der Waals surface area contributed by atoms with Crippen molar-refractivity contribution in [2.75, 3.05) is 38.2 Å². The number of rotatable bonds is 16. The van der Waals surface area contributed by atoms with Crippen molar-refractivity contribution in [1.29, 1.82) is 0 Å². The lowest BCUT2D eigenvalue weighted by Crippen LogP contribution is -2.33. The van der Waals surface area contributed by atoms with Gasteiger partial charge in [0.1, 0.15) is 19.3 Å². The number of hydrogen-bond donors (Lipinski definition) is 0. The molecule has 3 aromatic heterocycles. The minimum Gasteiger partial charge on any atom is -0.466 e. The van der Waals surface area contributed by atoms with E-state index in [2.05, 4.69) is 62.4 Å². The van der Waals surface area contributed by atoms with Gasteiger partial charge in [-0.2, -0.15) is 9.61 Å². The van der Waals surface area contributed by atoms with E-state index in [-0.39, 0.29) is 12.5 Å². The monoisotopic (exact) mass is 691 g/mol. The Kier molecular flexibility index (Phi) is 11.2. The maximum Gasteiger partial charge on any atom is 0.306 e. The Morgan fingerprint density at radius 2 is 1.65 bits per heavy atom. The molecule has 48 heavy (non-hydrogen) atoms. The molecule has 1 aromatic carbocycles. The summed E-state index contributed by atoms with van der Waals surface area (Å²) in [5.41, 5.74) is 4.35. The Morgan fingerprint density at radius 3 is 2.29 bits per heavy atom. The first-order valence-corrected chi connectivity index (χ1v) is 24.8. The number of para-hydroxylation sites is 1. The van der Waals surface area contributed by atoms with Crippen molar-refractivity contribution in [3.63, 3.8) is 0 Å². The predicted molar refractivity (Wildman–Crippen MR) is 200 cm³/mol. The second-order valence-corrected chi connectivity index (χ2v) is 26.6. The van der Waals surface area contributed by atoms with Crippen LogP contribution in [0.15, 0.2) is 48.8 Å². The first kappa shape index (κ1) is 33.4. The van der Waals surface area contributed by atoms with Crippen LogP contribution in [0, 0.1) is 5.89 Å². The van der Waals surface area contributed by atoms with E-state index < -0.39 is 34.4 Å². The number of carbonyl (C=O) groups is 1. The maximum absolute atomic E-state index is 12.4. The van der Waals surface area contributed by atoms with Crippen LogP contribution >= 0.6 is 0 Å². The van der Waals surface area contributed by atoms with Crippen LogP contribution < -0.4 is 4.90 Å². The molecule has 1 fully saturated rings. The van der Waals surface area contributed by atoms with Gasteiger partial charge in [-0.1, -0.05) is 57.5 Å². The third-order valence-electron chi connectivity index (χ3n) is 8.84. The molecule has 0 N–H and O–H groups in total. The van der Waals surface area contributed by atoms with Gasteiger partial charge in [0.2, 0.25) is 0 Å². The second-order valence-electron chi connectivity index (χ2n) is 15.3. The van der Waals surface area contributed by atoms with E-state index in [9.17, 15) is 4.79 Å². The number of nitrogens with zero attached hydrogens (tertiary/aromatic N) is 5. The highest BCUT2D eigenvalue weighted by molar-refractivity contribution is 6.76. The lowest BCUT2D eigenvalue weighted by atomic mass is 9.79. The zero-order valence-electron chi connectivity index (χ0n) is 31.9. The van der Waals surface area contributed by atoms with Crippen molar-refractivity contribution in [1.82, 2.24) is 19.6 Å². The predicted octanol–water partition coefficient (Wildman–Crippen LogP) is 8.60. The summed E-state index contributed by atoms with van der Waals surface area (Å²) in [7, 11) is -2.57. The summed E-state index contributed by atoms with van der Waals surface area (Å²) >= 11 is 0. The van der Waals surface area contributed by atoms with E-state index >= 15 is 0 Å². The molecular weight excluding hydrogens is 635 g/mol.